The van der Waals surface area contributed by atoms with Gasteiger partial charge in [0.25, 0.3) is 0 Å². The molecule has 5 nitrogen and oxygen atoms in total. The molecule has 0 bridgehead atoms. The third-order valence-electron chi connectivity index (χ3n) is 5.03. The first-order valence-electron chi connectivity index (χ1n) is 10.1. The maximum absolute atomic E-state index is 12.8. The van der Waals surface area contributed by atoms with E-state index in [1.807, 2.05) is 0 Å². The molecule has 0 saturated carbocycles. The van der Waals surface area contributed by atoms with Crippen molar-refractivity contribution in [3.8, 4) is 0 Å². The first kappa shape index (κ1) is 22.3. The summed E-state index contributed by atoms with van der Waals surface area (Å²) in [7, 11) is 0. The van der Waals surface area contributed by atoms with E-state index in [0.29, 0.717) is 18.4 Å². The van der Waals surface area contributed by atoms with Crippen molar-refractivity contribution >= 4 is 11.8 Å². The minimum atomic E-state index is -2.38. The summed E-state index contributed by atoms with van der Waals surface area (Å²) in [6, 6.07) is 3.29. The SMILES string of the molecule is N[C@@H](CC/C=C(/CCCCCc1ccc2c(n1)NCCC2)CC(F)F)C(=O)O. The number of nitrogens with two attached hydrogens (primary N) is 1. The van der Waals surface area contributed by atoms with E-state index in [0.717, 1.165) is 56.6 Å². The number of aliphatic carboxylic acids is 1. The Bertz CT molecular complexity index is 665. The van der Waals surface area contributed by atoms with Gasteiger partial charge in [-0.05, 0) is 63.0 Å². The Morgan fingerprint density at radius 3 is 2.89 bits per heavy atom. The summed E-state index contributed by atoms with van der Waals surface area (Å²) in [5.41, 5.74) is 8.50. The predicted octanol–water partition coefficient (Wildman–Crippen LogP) is 4.32. The van der Waals surface area contributed by atoms with Crippen molar-refractivity contribution in [1.82, 2.24) is 4.98 Å². The number of hydrogen-bond donors (Lipinski definition) is 3. The molecule has 4 N–H and O–H groups in total. The second-order valence-electron chi connectivity index (χ2n) is 7.38. The van der Waals surface area contributed by atoms with Crippen LogP contribution in [0, 0.1) is 0 Å². The summed E-state index contributed by atoms with van der Waals surface area (Å²) in [6.07, 6.45) is 6.27. The van der Waals surface area contributed by atoms with Crippen LogP contribution in [0.2, 0.25) is 0 Å². The first-order chi connectivity index (χ1) is 13.5. The van der Waals surface area contributed by atoms with E-state index in [-0.39, 0.29) is 12.8 Å². The molecule has 2 heterocycles. The van der Waals surface area contributed by atoms with Crippen molar-refractivity contribution in [3.05, 3.63) is 35.0 Å². The van der Waals surface area contributed by atoms with Crippen LogP contribution in [-0.4, -0.2) is 35.1 Å². The van der Waals surface area contributed by atoms with Gasteiger partial charge >= 0.3 is 5.97 Å². The number of unbranched alkanes of at least 4 members (excludes halogenated alkanes) is 2. The minimum Gasteiger partial charge on any atom is -0.480 e. The summed E-state index contributed by atoms with van der Waals surface area (Å²) in [6.45, 7) is 0.972. The largest absolute Gasteiger partial charge is 0.480 e. The number of carbonyl (C=O) groups is 1. The molecular weight excluding hydrogens is 364 g/mol. The molecule has 0 unspecified atom stereocenters. The number of aryl methyl sites for hydroxylation is 2. The number of halogens is 2. The number of carboxylic acids is 1. The van der Waals surface area contributed by atoms with E-state index in [1.54, 1.807) is 6.08 Å². The van der Waals surface area contributed by atoms with Gasteiger partial charge in [0.05, 0.1) is 0 Å². The first-order valence-corrected chi connectivity index (χ1v) is 10.1. The summed E-state index contributed by atoms with van der Waals surface area (Å²) in [4.78, 5) is 15.4. The van der Waals surface area contributed by atoms with Gasteiger partial charge < -0.3 is 16.2 Å². The second kappa shape index (κ2) is 11.7. The molecule has 0 fully saturated rings. The normalized spacial score (nSPS) is 15.2. The molecule has 0 amide bonds. The third-order valence-corrected chi connectivity index (χ3v) is 5.03. The standard InChI is InChI=1S/C21H31F2N3O2/c22-19(23)14-15(7-4-10-18(24)21(27)28)6-2-1-3-9-17-12-11-16-8-5-13-25-20(16)26-17/h7,11-12,18-19H,1-6,8-10,13-14,24H2,(H,25,26)(H,27,28)/b15-7-/t18-/m0/s1. The van der Waals surface area contributed by atoms with Gasteiger partial charge in [0.1, 0.15) is 11.9 Å². The lowest BCUT2D eigenvalue weighted by molar-refractivity contribution is -0.138. The predicted molar refractivity (Wildman–Crippen MR) is 107 cm³/mol. The van der Waals surface area contributed by atoms with Crippen molar-refractivity contribution in [2.45, 2.75) is 76.7 Å². The average Bonchev–Trinajstić information content (AvgIpc) is 2.66. The number of nitrogens with zero attached hydrogens (tertiary/aromatic N) is 1. The van der Waals surface area contributed by atoms with Gasteiger partial charge in [0, 0.05) is 18.7 Å². The summed E-state index contributed by atoms with van der Waals surface area (Å²) >= 11 is 0. The summed E-state index contributed by atoms with van der Waals surface area (Å²) in [5.74, 6) is -0.0553. The molecule has 2 rings (SSSR count). The molecule has 1 aliphatic rings. The Labute approximate surface area is 165 Å². The van der Waals surface area contributed by atoms with E-state index in [4.69, 9.17) is 10.8 Å². The Kier molecular flexibility index (Phi) is 9.34. The van der Waals surface area contributed by atoms with E-state index < -0.39 is 18.4 Å². The minimum absolute atomic E-state index is 0.250. The van der Waals surface area contributed by atoms with Crippen molar-refractivity contribution < 1.29 is 18.7 Å². The average molecular weight is 395 g/mol. The number of alkyl halides is 2. The topological polar surface area (TPSA) is 88.2 Å². The Morgan fingerprint density at radius 1 is 1.32 bits per heavy atom. The summed E-state index contributed by atoms with van der Waals surface area (Å²) in [5, 5.41) is 12.1. The van der Waals surface area contributed by atoms with Crippen LogP contribution in [0.1, 0.15) is 62.6 Å². The fourth-order valence-electron chi connectivity index (χ4n) is 3.42. The van der Waals surface area contributed by atoms with Crippen LogP contribution >= 0.6 is 0 Å². The Hall–Kier alpha value is -2.02. The molecule has 0 aromatic carbocycles. The van der Waals surface area contributed by atoms with Gasteiger partial charge in [-0.3, -0.25) is 4.79 Å². The maximum Gasteiger partial charge on any atom is 0.320 e. The van der Waals surface area contributed by atoms with E-state index >= 15 is 0 Å². The molecule has 1 atom stereocenters. The zero-order valence-corrected chi connectivity index (χ0v) is 16.3. The van der Waals surface area contributed by atoms with Gasteiger partial charge in [0.2, 0.25) is 6.43 Å². The lowest BCUT2D eigenvalue weighted by Crippen LogP contribution is -2.29. The van der Waals surface area contributed by atoms with Crippen LogP contribution in [0.25, 0.3) is 0 Å². The molecule has 0 radical (unpaired) electrons. The molecule has 1 aromatic rings. The fraction of sp³-hybridized carbons (Fsp3) is 0.619. The van der Waals surface area contributed by atoms with E-state index in [2.05, 4.69) is 22.4 Å². The molecule has 0 spiro atoms. The lowest BCUT2D eigenvalue weighted by atomic mass is 10.0. The lowest BCUT2D eigenvalue weighted by Gasteiger charge is -2.17. The van der Waals surface area contributed by atoms with Crippen molar-refractivity contribution in [2.24, 2.45) is 5.73 Å². The van der Waals surface area contributed by atoms with Crippen LogP contribution in [0.4, 0.5) is 14.6 Å². The van der Waals surface area contributed by atoms with Gasteiger partial charge in [-0.2, -0.15) is 0 Å². The number of rotatable bonds is 12. The number of hydrogen-bond acceptors (Lipinski definition) is 4. The van der Waals surface area contributed by atoms with E-state index in [1.165, 1.54) is 5.56 Å². The van der Waals surface area contributed by atoms with Crippen molar-refractivity contribution in [3.63, 3.8) is 0 Å². The van der Waals surface area contributed by atoms with Crippen LogP contribution in [0.5, 0.6) is 0 Å². The monoisotopic (exact) mass is 395 g/mol. The quantitative estimate of drug-likeness (QED) is 0.362. The third kappa shape index (κ3) is 7.92. The smallest absolute Gasteiger partial charge is 0.320 e. The number of carboxylic acid groups (broad SMARTS) is 1. The van der Waals surface area contributed by atoms with Gasteiger partial charge in [0.15, 0.2) is 0 Å². The Balaban J connectivity index is 1.71. The van der Waals surface area contributed by atoms with Crippen molar-refractivity contribution in [2.75, 3.05) is 11.9 Å². The molecule has 7 heteroatoms. The number of nitrogens with one attached hydrogen (secondary N) is 1. The molecule has 1 aromatic heterocycles. The van der Waals surface area contributed by atoms with Gasteiger partial charge in [-0.15, -0.1) is 0 Å². The number of pyridine rings is 1. The molecular formula is C21H31F2N3O2. The highest BCUT2D eigenvalue weighted by molar-refractivity contribution is 5.72. The molecule has 156 valence electrons. The van der Waals surface area contributed by atoms with Crippen molar-refractivity contribution in [1.29, 1.82) is 0 Å². The molecule has 28 heavy (non-hydrogen) atoms. The number of allylic oxidation sites excluding steroid dienone is 2. The zero-order valence-electron chi connectivity index (χ0n) is 16.3. The highest BCUT2D eigenvalue weighted by Crippen LogP contribution is 2.22. The zero-order chi connectivity index (χ0) is 20.4. The van der Waals surface area contributed by atoms with Crippen LogP contribution in [0.15, 0.2) is 23.8 Å². The molecule has 1 aliphatic heterocycles. The maximum atomic E-state index is 12.8. The van der Waals surface area contributed by atoms with Crippen LogP contribution < -0.4 is 11.1 Å². The van der Waals surface area contributed by atoms with Crippen LogP contribution in [0.3, 0.4) is 0 Å². The van der Waals surface area contributed by atoms with Gasteiger partial charge in [-0.1, -0.05) is 24.1 Å². The number of aromatic nitrogens is 1. The fourth-order valence-corrected chi connectivity index (χ4v) is 3.42. The van der Waals surface area contributed by atoms with E-state index in [9.17, 15) is 13.6 Å². The highest BCUT2D eigenvalue weighted by Gasteiger charge is 2.12. The molecule has 0 saturated heterocycles. The Morgan fingerprint density at radius 2 is 2.14 bits per heavy atom. The van der Waals surface area contributed by atoms with Gasteiger partial charge in [-0.25, -0.2) is 13.8 Å². The second-order valence-corrected chi connectivity index (χ2v) is 7.38. The highest BCUT2D eigenvalue weighted by atomic mass is 19.3. The molecule has 0 aliphatic carbocycles. The van der Waals surface area contributed by atoms with Crippen LogP contribution in [-0.2, 0) is 17.6 Å². The number of anilines is 1. The number of fused-ring (bicyclic) bond motifs is 1. The summed E-state index contributed by atoms with van der Waals surface area (Å²) < 4.78 is 25.5.